The van der Waals surface area contributed by atoms with E-state index in [0.29, 0.717) is 34.6 Å². The molecule has 2 atom stereocenters. The van der Waals surface area contributed by atoms with E-state index < -0.39 is 0 Å². The minimum atomic E-state index is 0.403. The van der Waals surface area contributed by atoms with E-state index in [9.17, 15) is 4.79 Å². The Hall–Kier alpha value is -3.71. The first-order valence-electron chi connectivity index (χ1n) is 12.6. The molecule has 7 nitrogen and oxygen atoms in total. The van der Waals surface area contributed by atoms with Crippen molar-refractivity contribution in [2.75, 3.05) is 24.4 Å². The molecule has 0 spiro atoms. The van der Waals surface area contributed by atoms with Gasteiger partial charge >= 0.3 is 0 Å². The average Bonchev–Trinajstić information content (AvgIpc) is 3.46. The van der Waals surface area contributed by atoms with E-state index in [2.05, 4.69) is 34.5 Å². The highest BCUT2D eigenvalue weighted by molar-refractivity contribution is 6.32. The highest BCUT2D eigenvalue weighted by Gasteiger charge is 2.40. The molecule has 2 fully saturated rings. The molecule has 0 aliphatic carbocycles. The fraction of sp³-hybridized carbons (Fsp3) is 0.310. The van der Waals surface area contributed by atoms with Crippen molar-refractivity contribution in [3.8, 4) is 22.8 Å². The average molecular weight is 517 g/mol. The lowest BCUT2D eigenvalue weighted by Gasteiger charge is -2.41. The van der Waals surface area contributed by atoms with Gasteiger partial charge < -0.3 is 24.1 Å². The number of piperidine rings is 1. The van der Waals surface area contributed by atoms with E-state index in [-0.39, 0.29) is 0 Å². The zero-order chi connectivity index (χ0) is 25.5. The molecule has 2 saturated heterocycles. The number of fused-ring (bicyclic) bond motifs is 3. The zero-order valence-corrected chi connectivity index (χ0v) is 21.6. The number of aromatic nitrogens is 2. The Kier molecular flexibility index (Phi) is 6.16. The molecule has 1 N–H and O–H groups in total. The first-order chi connectivity index (χ1) is 18.1. The number of halogens is 1. The van der Waals surface area contributed by atoms with E-state index in [0.717, 1.165) is 47.3 Å². The summed E-state index contributed by atoms with van der Waals surface area (Å²) < 4.78 is 12.9. The van der Waals surface area contributed by atoms with Gasteiger partial charge in [0.1, 0.15) is 23.4 Å². The summed E-state index contributed by atoms with van der Waals surface area (Å²) in [5, 5.41) is 4.28. The molecule has 0 saturated carbocycles. The van der Waals surface area contributed by atoms with Crippen molar-refractivity contribution >= 4 is 34.9 Å². The molecule has 2 bridgehead atoms. The van der Waals surface area contributed by atoms with Crippen LogP contribution < -0.4 is 19.7 Å². The van der Waals surface area contributed by atoms with Crippen LogP contribution in [0.15, 0.2) is 60.9 Å². The minimum Gasteiger partial charge on any atom is -0.496 e. The summed E-state index contributed by atoms with van der Waals surface area (Å²) in [5.74, 6) is 1.22. The van der Waals surface area contributed by atoms with Gasteiger partial charge in [-0.3, -0.25) is 4.79 Å². The Balaban J connectivity index is 1.20. The molecule has 190 valence electrons. The third kappa shape index (κ3) is 4.37. The van der Waals surface area contributed by atoms with Crippen molar-refractivity contribution in [2.24, 2.45) is 0 Å². The molecule has 6 rings (SSSR count). The highest BCUT2D eigenvalue weighted by atomic mass is 35.5. The van der Waals surface area contributed by atoms with Crippen LogP contribution in [0.2, 0.25) is 5.02 Å². The van der Waals surface area contributed by atoms with Gasteiger partial charge in [0, 0.05) is 65.2 Å². The maximum atomic E-state index is 11.0. The van der Waals surface area contributed by atoms with E-state index in [4.69, 9.17) is 26.1 Å². The number of anilines is 2. The number of ether oxygens (including phenoxy) is 2. The number of carbonyl (C=O) groups is 1. The first-order valence-corrected chi connectivity index (χ1v) is 12.9. The molecule has 2 aliphatic heterocycles. The number of aldehydes is 1. The Morgan fingerprint density at radius 2 is 1.73 bits per heavy atom. The van der Waals surface area contributed by atoms with Crippen LogP contribution in [0, 0.1) is 0 Å². The predicted octanol–water partition coefficient (Wildman–Crippen LogP) is 6.10. The topological polar surface area (TPSA) is 68.1 Å². The second kappa shape index (κ2) is 9.63. The maximum absolute atomic E-state index is 11.0. The fourth-order valence-electron chi connectivity index (χ4n) is 5.94. The zero-order valence-electron chi connectivity index (χ0n) is 20.9. The molecular weight excluding hydrogens is 488 g/mol. The number of rotatable bonds is 7. The summed E-state index contributed by atoms with van der Waals surface area (Å²) in [7, 11) is 3.21. The van der Waals surface area contributed by atoms with Gasteiger partial charge in [0.2, 0.25) is 0 Å². The first kappa shape index (κ1) is 23.7. The van der Waals surface area contributed by atoms with E-state index in [1.165, 1.54) is 18.5 Å². The molecule has 8 heteroatoms. The van der Waals surface area contributed by atoms with Crippen molar-refractivity contribution in [1.29, 1.82) is 0 Å². The monoisotopic (exact) mass is 516 g/mol. The normalized spacial score (nSPS) is 20.7. The van der Waals surface area contributed by atoms with Crippen molar-refractivity contribution in [1.82, 2.24) is 9.38 Å². The third-order valence-electron chi connectivity index (χ3n) is 7.64. The van der Waals surface area contributed by atoms with Crippen LogP contribution in [-0.4, -0.2) is 48.0 Å². The Morgan fingerprint density at radius 1 is 1.00 bits per heavy atom. The van der Waals surface area contributed by atoms with Gasteiger partial charge in [-0.1, -0.05) is 11.6 Å². The van der Waals surface area contributed by atoms with E-state index in [1.54, 1.807) is 20.3 Å². The fourth-order valence-corrected chi connectivity index (χ4v) is 6.18. The lowest BCUT2D eigenvalue weighted by molar-refractivity contribution is 0.112. The molecule has 2 unspecified atom stereocenters. The number of hydrogen-bond acceptors (Lipinski definition) is 6. The lowest BCUT2D eigenvalue weighted by atomic mass is 9.96. The van der Waals surface area contributed by atoms with Gasteiger partial charge in [0.25, 0.3) is 0 Å². The van der Waals surface area contributed by atoms with Crippen molar-refractivity contribution in [3.05, 3.63) is 71.5 Å². The summed E-state index contributed by atoms with van der Waals surface area (Å²) in [4.78, 5) is 18.4. The summed E-state index contributed by atoms with van der Waals surface area (Å²) in [6.45, 7) is 0. The third-order valence-corrected chi connectivity index (χ3v) is 7.94. The van der Waals surface area contributed by atoms with Gasteiger partial charge in [-0.25, -0.2) is 4.98 Å². The van der Waals surface area contributed by atoms with Crippen LogP contribution in [0.3, 0.4) is 0 Å². The number of pyridine rings is 1. The van der Waals surface area contributed by atoms with Gasteiger partial charge in [-0.05, 0) is 62.1 Å². The van der Waals surface area contributed by atoms with Gasteiger partial charge in [0.15, 0.2) is 0 Å². The standard InChI is InChI=1S/C29H29ClN4O3/c1-36-27-15-28(37-2)25(30)14-24(27)26-16-33-10-9-19(13-29(33)32-26)31-20-11-22-7-8-23(12-20)34(22)21-5-3-18(17-35)4-6-21/h3-6,9-10,13-17,20,22-23,31H,7-8,11-12H2,1-2H3. The van der Waals surface area contributed by atoms with Crippen LogP contribution in [0.1, 0.15) is 36.0 Å². The molecule has 2 aromatic heterocycles. The number of carbonyl (C=O) groups excluding carboxylic acids is 1. The largest absolute Gasteiger partial charge is 0.496 e. The Bertz CT molecular complexity index is 1440. The van der Waals surface area contributed by atoms with Crippen molar-refractivity contribution in [3.63, 3.8) is 0 Å². The van der Waals surface area contributed by atoms with Crippen LogP contribution >= 0.6 is 11.6 Å². The molecule has 4 heterocycles. The number of methoxy groups -OCH3 is 2. The van der Waals surface area contributed by atoms with Crippen molar-refractivity contribution in [2.45, 2.75) is 43.8 Å². The van der Waals surface area contributed by atoms with E-state index in [1.807, 2.05) is 35.0 Å². The number of benzene rings is 2. The van der Waals surface area contributed by atoms with Gasteiger partial charge in [-0.15, -0.1) is 0 Å². The quantitative estimate of drug-likeness (QED) is 0.299. The van der Waals surface area contributed by atoms with Gasteiger partial charge in [0.05, 0.1) is 24.9 Å². The molecule has 0 amide bonds. The van der Waals surface area contributed by atoms with Crippen LogP contribution in [0.25, 0.3) is 16.9 Å². The predicted molar refractivity (Wildman–Crippen MR) is 147 cm³/mol. The van der Waals surface area contributed by atoms with Gasteiger partial charge in [-0.2, -0.15) is 0 Å². The minimum absolute atomic E-state index is 0.403. The smallest absolute Gasteiger partial charge is 0.150 e. The number of hydrogen-bond donors (Lipinski definition) is 1. The number of nitrogens with one attached hydrogen (secondary N) is 1. The molecule has 0 radical (unpaired) electrons. The maximum Gasteiger partial charge on any atom is 0.150 e. The number of imidazole rings is 1. The van der Waals surface area contributed by atoms with Crippen molar-refractivity contribution < 1.29 is 14.3 Å². The molecule has 2 aliphatic rings. The van der Waals surface area contributed by atoms with Crippen LogP contribution in [0.4, 0.5) is 11.4 Å². The molecule has 2 aromatic carbocycles. The molecular formula is C29H29ClN4O3. The SMILES string of the molecule is COc1cc(OC)c(-c2cn3ccc(NC4CC5CCC(C4)N5c4ccc(C=O)cc4)cc3n2)cc1Cl. The Morgan fingerprint density at radius 3 is 2.41 bits per heavy atom. The van der Waals surface area contributed by atoms with Crippen LogP contribution in [-0.2, 0) is 0 Å². The Labute approximate surface area is 221 Å². The second-order valence-electron chi connectivity index (χ2n) is 9.81. The van der Waals surface area contributed by atoms with Crippen LogP contribution in [0.5, 0.6) is 11.5 Å². The lowest BCUT2D eigenvalue weighted by Crippen LogP contribution is -2.47. The van der Waals surface area contributed by atoms with E-state index >= 15 is 0 Å². The number of nitrogens with zero attached hydrogens (tertiary/aromatic N) is 3. The highest BCUT2D eigenvalue weighted by Crippen LogP contribution is 2.41. The molecule has 37 heavy (non-hydrogen) atoms. The summed E-state index contributed by atoms with van der Waals surface area (Å²) >= 11 is 6.39. The molecule has 4 aromatic rings. The second-order valence-corrected chi connectivity index (χ2v) is 10.2. The summed E-state index contributed by atoms with van der Waals surface area (Å²) in [5.41, 5.74) is 5.46. The summed E-state index contributed by atoms with van der Waals surface area (Å²) in [6.07, 6.45) is 9.48. The summed E-state index contributed by atoms with van der Waals surface area (Å²) in [6, 6.07) is 17.2.